The summed E-state index contributed by atoms with van der Waals surface area (Å²) in [5, 5.41) is 2.33. The van der Waals surface area contributed by atoms with E-state index in [1.54, 1.807) is 0 Å². The highest BCUT2D eigenvalue weighted by molar-refractivity contribution is 7.92. The largest absolute Gasteiger partial charge is 0.454 e. The monoisotopic (exact) mass is 384 g/mol. The number of rotatable bonds is 5. The van der Waals surface area contributed by atoms with Crippen LogP contribution in [0.5, 0.6) is 11.5 Å². The minimum atomic E-state index is -3.80. The normalized spacial score (nSPS) is 12.7. The van der Waals surface area contributed by atoms with Gasteiger partial charge >= 0.3 is 0 Å². The van der Waals surface area contributed by atoms with Gasteiger partial charge in [-0.1, -0.05) is 0 Å². The number of carbonyl (C=O) groups is 1. The van der Waals surface area contributed by atoms with Crippen LogP contribution in [0.15, 0.2) is 36.4 Å². The Balaban J connectivity index is 1.80. The van der Waals surface area contributed by atoms with Crippen molar-refractivity contribution in [1.29, 1.82) is 0 Å². The highest BCUT2D eigenvalue weighted by Gasteiger charge is 2.24. The molecule has 3 rings (SSSR count). The quantitative estimate of drug-likeness (QED) is 0.853. The van der Waals surface area contributed by atoms with Gasteiger partial charge in [0.1, 0.15) is 6.54 Å². The van der Waals surface area contributed by atoms with Crippen molar-refractivity contribution in [2.75, 3.05) is 29.2 Å². The van der Waals surface area contributed by atoms with Crippen molar-refractivity contribution in [2.45, 2.75) is 0 Å². The van der Waals surface area contributed by atoms with Crippen LogP contribution in [0.25, 0.3) is 0 Å². The topological polar surface area (TPSA) is 84.9 Å². The molecule has 0 bridgehead atoms. The molecule has 2 aromatic carbocycles. The van der Waals surface area contributed by atoms with E-state index in [2.05, 4.69) is 5.32 Å². The fourth-order valence-corrected chi connectivity index (χ4v) is 3.19. The van der Waals surface area contributed by atoms with Crippen LogP contribution in [-0.4, -0.2) is 33.9 Å². The molecule has 0 unspecified atom stereocenters. The number of halogens is 2. The molecule has 0 saturated heterocycles. The Labute approximate surface area is 148 Å². The summed E-state index contributed by atoms with van der Waals surface area (Å²) in [6.07, 6.45) is 0.947. The second-order valence-corrected chi connectivity index (χ2v) is 7.39. The van der Waals surface area contributed by atoms with Gasteiger partial charge in [0.05, 0.1) is 11.9 Å². The number of amides is 1. The van der Waals surface area contributed by atoms with Gasteiger partial charge in [0.15, 0.2) is 23.1 Å². The van der Waals surface area contributed by atoms with Crippen molar-refractivity contribution < 1.29 is 31.5 Å². The minimum absolute atomic E-state index is 0.00744. The summed E-state index contributed by atoms with van der Waals surface area (Å²) in [6, 6.07) is 7.27. The third kappa shape index (κ3) is 3.85. The number of ether oxygens (including phenoxy) is 2. The third-order valence-electron chi connectivity index (χ3n) is 3.54. The number of hydrogen-bond donors (Lipinski definition) is 1. The zero-order chi connectivity index (χ0) is 18.9. The van der Waals surface area contributed by atoms with Crippen molar-refractivity contribution in [2.24, 2.45) is 0 Å². The van der Waals surface area contributed by atoms with E-state index >= 15 is 0 Å². The Morgan fingerprint density at radius 3 is 2.54 bits per heavy atom. The van der Waals surface area contributed by atoms with Crippen LogP contribution in [0, 0.1) is 11.6 Å². The van der Waals surface area contributed by atoms with E-state index in [4.69, 9.17) is 9.47 Å². The lowest BCUT2D eigenvalue weighted by Crippen LogP contribution is -2.37. The second kappa shape index (κ2) is 6.79. The molecule has 0 spiro atoms. The summed E-state index contributed by atoms with van der Waals surface area (Å²) in [5.41, 5.74) is 0.213. The van der Waals surface area contributed by atoms with Crippen molar-refractivity contribution in [3.05, 3.63) is 48.0 Å². The molecule has 0 aromatic heterocycles. The molecule has 2 aromatic rings. The van der Waals surface area contributed by atoms with Crippen LogP contribution in [0.4, 0.5) is 20.2 Å². The molecule has 10 heteroatoms. The van der Waals surface area contributed by atoms with Gasteiger partial charge in [-0.25, -0.2) is 17.2 Å². The van der Waals surface area contributed by atoms with E-state index in [-0.39, 0.29) is 18.2 Å². The van der Waals surface area contributed by atoms with Crippen LogP contribution in [0.1, 0.15) is 0 Å². The van der Waals surface area contributed by atoms with Crippen molar-refractivity contribution in [1.82, 2.24) is 0 Å². The lowest BCUT2D eigenvalue weighted by atomic mass is 10.2. The molecule has 26 heavy (non-hydrogen) atoms. The number of carbonyl (C=O) groups excluding carboxylic acids is 1. The molecule has 1 heterocycles. The first kappa shape index (κ1) is 17.9. The Bertz CT molecular complexity index is 965. The van der Waals surface area contributed by atoms with Gasteiger partial charge in [-0.05, 0) is 24.3 Å². The molecule has 0 saturated carbocycles. The number of anilines is 2. The minimum Gasteiger partial charge on any atom is -0.454 e. The fourth-order valence-electron chi connectivity index (χ4n) is 2.35. The Morgan fingerprint density at radius 1 is 1.12 bits per heavy atom. The Morgan fingerprint density at radius 2 is 1.85 bits per heavy atom. The van der Waals surface area contributed by atoms with Gasteiger partial charge in [-0.15, -0.1) is 0 Å². The first-order chi connectivity index (χ1) is 12.2. The van der Waals surface area contributed by atoms with E-state index < -0.39 is 34.1 Å². The second-order valence-electron chi connectivity index (χ2n) is 5.48. The highest BCUT2D eigenvalue weighted by Crippen LogP contribution is 2.36. The first-order valence-electron chi connectivity index (χ1n) is 7.36. The molecule has 0 aliphatic carbocycles. The van der Waals surface area contributed by atoms with E-state index in [1.807, 2.05) is 0 Å². The van der Waals surface area contributed by atoms with E-state index in [0.29, 0.717) is 11.5 Å². The summed E-state index contributed by atoms with van der Waals surface area (Å²) in [7, 11) is -3.80. The summed E-state index contributed by atoms with van der Waals surface area (Å²) < 4.78 is 61.6. The maximum absolute atomic E-state index is 13.2. The number of nitrogens with zero attached hydrogens (tertiary/aromatic N) is 1. The Kier molecular flexibility index (Phi) is 4.68. The molecule has 0 radical (unpaired) electrons. The van der Waals surface area contributed by atoms with Crippen LogP contribution in [0.2, 0.25) is 0 Å². The summed E-state index contributed by atoms with van der Waals surface area (Å²) >= 11 is 0. The number of hydrogen-bond acceptors (Lipinski definition) is 5. The molecule has 138 valence electrons. The maximum atomic E-state index is 13.2. The van der Waals surface area contributed by atoms with E-state index in [0.717, 1.165) is 22.7 Å². The summed E-state index contributed by atoms with van der Waals surface area (Å²) in [4.78, 5) is 12.2. The first-order valence-corrected chi connectivity index (χ1v) is 9.21. The molecule has 1 amide bonds. The van der Waals surface area contributed by atoms with Crippen LogP contribution < -0.4 is 19.1 Å². The summed E-state index contributed by atoms with van der Waals surface area (Å²) in [5.74, 6) is -2.08. The third-order valence-corrected chi connectivity index (χ3v) is 4.68. The molecule has 1 N–H and O–H groups in total. The van der Waals surface area contributed by atoms with Crippen LogP contribution in [-0.2, 0) is 14.8 Å². The number of nitrogens with one attached hydrogen (secondary N) is 1. The molecule has 0 atom stereocenters. The van der Waals surface area contributed by atoms with Crippen LogP contribution >= 0.6 is 0 Å². The molecule has 0 fully saturated rings. The lowest BCUT2D eigenvalue weighted by molar-refractivity contribution is -0.114. The highest BCUT2D eigenvalue weighted by atomic mass is 32.2. The van der Waals surface area contributed by atoms with Gasteiger partial charge in [-0.3, -0.25) is 9.10 Å². The average Bonchev–Trinajstić information content (AvgIpc) is 3.02. The molecular formula is C16H14F2N2O5S. The number of benzene rings is 2. The lowest BCUT2D eigenvalue weighted by Gasteiger charge is -2.22. The predicted octanol–water partition coefficient (Wildman–Crippen LogP) is 2.10. The van der Waals surface area contributed by atoms with Gasteiger partial charge in [0, 0.05) is 17.8 Å². The van der Waals surface area contributed by atoms with E-state index in [1.165, 1.54) is 24.3 Å². The van der Waals surface area contributed by atoms with Crippen molar-refractivity contribution >= 4 is 27.3 Å². The zero-order valence-electron chi connectivity index (χ0n) is 13.5. The number of sulfonamides is 1. The fraction of sp³-hybridized carbons (Fsp3) is 0.188. The Hall–Kier alpha value is -2.88. The molecular weight excluding hydrogens is 370 g/mol. The zero-order valence-corrected chi connectivity index (χ0v) is 14.3. The van der Waals surface area contributed by atoms with Crippen molar-refractivity contribution in [3.63, 3.8) is 0 Å². The van der Waals surface area contributed by atoms with Crippen LogP contribution in [0.3, 0.4) is 0 Å². The van der Waals surface area contributed by atoms with Crippen molar-refractivity contribution in [3.8, 4) is 11.5 Å². The maximum Gasteiger partial charge on any atom is 0.245 e. The van der Waals surface area contributed by atoms with E-state index in [9.17, 15) is 22.0 Å². The molecule has 1 aliphatic heterocycles. The molecule has 1 aliphatic rings. The summed E-state index contributed by atoms with van der Waals surface area (Å²) in [6.45, 7) is -0.536. The van der Waals surface area contributed by atoms with Gasteiger partial charge in [0.2, 0.25) is 22.7 Å². The van der Waals surface area contributed by atoms with Gasteiger partial charge < -0.3 is 14.8 Å². The average molecular weight is 384 g/mol. The van der Waals surface area contributed by atoms with Gasteiger partial charge in [-0.2, -0.15) is 0 Å². The smallest absolute Gasteiger partial charge is 0.245 e. The molecule has 7 nitrogen and oxygen atoms in total. The predicted molar refractivity (Wildman–Crippen MR) is 89.7 cm³/mol. The SMILES string of the molecule is CS(=O)(=O)N(CC(=O)Nc1ccc(F)c(F)c1)c1ccc2c(c1)OCO2. The number of fused-ring (bicyclic) bond motifs is 1. The van der Waals surface area contributed by atoms with Gasteiger partial charge in [0.25, 0.3) is 0 Å². The standard InChI is InChI=1S/C16H14F2N2O5S/c1-26(22,23)20(11-3-5-14-15(7-11)25-9-24-14)8-16(21)19-10-2-4-12(17)13(18)6-10/h2-7H,8-9H2,1H3,(H,19,21).